The van der Waals surface area contributed by atoms with Gasteiger partial charge in [0.05, 0.1) is 5.52 Å². The standard InChI is InChI=1S/C13H16ClN3/c1-10(14)7-8-17(2)13-11-5-3-4-6-12(11)15-9-16-13/h3-6,9-10H,7-8H2,1-2H3. The number of nitrogens with zero attached hydrogens (tertiary/aromatic N) is 3. The van der Waals surface area contributed by atoms with E-state index in [4.69, 9.17) is 11.6 Å². The van der Waals surface area contributed by atoms with Crippen molar-refractivity contribution in [3.63, 3.8) is 0 Å². The minimum atomic E-state index is 0.186. The first-order chi connectivity index (χ1) is 8.18. The SMILES string of the molecule is CC(Cl)CCN(C)c1ncnc2ccccc12. The number of alkyl halides is 1. The maximum Gasteiger partial charge on any atom is 0.139 e. The van der Waals surface area contributed by atoms with Gasteiger partial charge in [0.25, 0.3) is 0 Å². The van der Waals surface area contributed by atoms with E-state index >= 15 is 0 Å². The van der Waals surface area contributed by atoms with Gasteiger partial charge in [0.15, 0.2) is 0 Å². The van der Waals surface area contributed by atoms with Crippen LogP contribution in [-0.4, -0.2) is 28.9 Å². The summed E-state index contributed by atoms with van der Waals surface area (Å²) in [5.74, 6) is 0.966. The summed E-state index contributed by atoms with van der Waals surface area (Å²) in [5, 5.41) is 1.27. The molecule has 0 amide bonds. The molecule has 0 fully saturated rings. The minimum absolute atomic E-state index is 0.186. The molecule has 90 valence electrons. The Balaban J connectivity index is 2.28. The number of hydrogen-bond donors (Lipinski definition) is 0. The van der Waals surface area contributed by atoms with E-state index in [0.717, 1.165) is 29.7 Å². The van der Waals surface area contributed by atoms with Crippen LogP contribution in [0.2, 0.25) is 0 Å². The number of fused-ring (bicyclic) bond motifs is 1. The third-order valence-electron chi connectivity index (χ3n) is 2.75. The van der Waals surface area contributed by atoms with Gasteiger partial charge in [-0.3, -0.25) is 0 Å². The molecule has 0 spiro atoms. The molecule has 0 aliphatic heterocycles. The van der Waals surface area contributed by atoms with Crippen molar-refractivity contribution in [1.29, 1.82) is 0 Å². The molecule has 17 heavy (non-hydrogen) atoms. The van der Waals surface area contributed by atoms with Gasteiger partial charge < -0.3 is 4.90 Å². The van der Waals surface area contributed by atoms with Crippen LogP contribution in [0, 0.1) is 0 Å². The van der Waals surface area contributed by atoms with Crippen molar-refractivity contribution in [2.45, 2.75) is 18.7 Å². The third-order valence-corrected chi connectivity index (χ3v) is 2.96. The van der Waals surface area contributed by atoms with Crippen molar-refractivity contribution in [3.8, 4) is 0 Å². The van der Waals surface area contributed by atoms with Crippen LogP contribution in [0.1, 0.15) is 13.3 Å². The molecule has 0 saturated carbocycles. The number of rotatable bonds is 4. The Morgan fingerprint density at radius 1 is 1.29 bits per heavy atom. The van der Waals surface area contributed by atoms with Crippen LogP contribution in [-0.2, 0) is 0 Å². The topological polar surface area (TPSA) is 29.0 Å². The maximum atomic E-state index is 5.97. The molecule has 0 saturated heterocycles. The molecule has 0 aliphatic carbocycles. The van der Waals surface area contributed by atoms with Crippen LogP contribution in [0.15, 0.2) is 30.6 Å². The number of aromatic nitrogens is 2. The Morgan fingerprint density at radius 2 is 2.06 bits per heavy atom. The van der Waals surface area contributed by atoms with Crippen molar-refractivity contribution in [2.24, 2.45) is 0 Å². The van der Waals surface area contributed by atoms with Gasteiger partial charge in [0.2, 0.25) is 0 Å². The van der Waals surface area contributed by atoms with Crippen LogP contribution in [0.3, 0.4) is 0 Å². The van der Waals surface area contributed by atoms with Crippen LogP contribution in [0.5, 0.6) is 0 Å². The Morgan fingerprint density at radius 3 is 2.82 bits per heavy atom. The van der Waals surface area contributed by atoms with E-state index < -0.39 is 0 Å². The Kier molecular flexibility index (Phi) is 3.79. The van der Waals surface area contributed by atoms with Crippen molar-refractivity contribution < 1.29 is 0 Å². The van der Waals surface area contributed by atoms with E-state index in [1.54, 1.807) is 6.33 Å². The fraction of sp³-hybridized carbons (Fsp3) is 0.385. The van der Waals surface area contributed by atoms with Crippen molar-refractivity contribution in [2.75, 3.05) is 18.5 Å². The van der Waals surface area contributed by atoms with Crippen LogP contribution >= 0.6 is 11.6 Å². The van der Waals surface area contributed by atoms with Gasteiger partial charge in [-0.25, -0.2) is 9.97 Å². The predicted octanol–water partition coefficient (Wildman–Crippen LogP) is 3.08. The highest BCUT2D eigenvalue weighted by molar-refractivity contribution is 6.20. The van der Waals surface area contributed by atoms with E-state index in [1.165, 1.54) is 0 Å². The fourth-order valence-electron chi connectivity index (χ4n) is 1.77. The molecule has 2 aromatic rings. The monoisotopic (exact) mass is 249 g/mol. The summed E-state index contributed by atoms with van der Waals surface area (Å²) in [4.78, 5) is 10.7. The number of anilines is 1. The van der Waals surface area contributed by atoms with Gasteiger partial charge in [0.1, 0.15) is 12.1 Å². The molecular formula is C13H16ClN3. The summed E-state index contributed by atoms with van der Waals surface area (Å²) in [7, 11) is 2.04. The molecule has 0 N–H and O–H groups in total. The smallest absolute Gasteiger partial charge is 0.139 e. The van der Waals surface area contributed by atoms with Crippen molar-refractivity contribution in [1.82, 2.24) is 9.97 Å². The summed E-state index contributed by atoms with van der Waals surface area (Å²) < 4.78 is 0. The van der Waals surface area contributed by atoms with Crippen molar-refractivity contribution in [3.05, 3.63) is 30.6 Å². The second-order valence-corrected chi connectivity index (χ2v) is 4.95. The molecule has 0 bridgehead atoms. The van der Waals surface area contributed by atoms with E-state index in [9.17, 15) is 0 Å². The lowest BCUT2D eigenvalue weighted by atomic mass is 10.2. The quantitative estimate of drug-likeness (QED) is 0.780. The first-order valence-electron chi connectivity index (χ1n) is 5.73. The zero-order chi connectivity index (χ0) is 12.3. The zero-order valence-electron chi connectivity index (χ0n) is 10.1. The molecule has 2 rings (SSSR count). The lowest BCUT2D eigenvalue weighted by Gasteiger charge is -2.20. The van der Waals surface area contributed by atoms with E-state index in [0.29, 0.717) is 0 Å². The number of halogens is 1. The highest BCUT2D eigenvalue weighted by Gasteiger charge is 2.08. The molecule has 3 nitrogen and oxygen atoms in total. The fourth-order valence-corrected chi connectivity index (χ4v) is 1.87. The van der Waals surface area contributed by atoms with Crippen molar-refractivity contribution >= 4 is 28.3 Å². The first-order valence-corrected chi connectivity index (χ1v) is 6.17. The Bertz CT molecular complexity index is 493. The molecule has 1 heterocycles. The van der Waals surface area contributed by atoms with E-state index in [2.05, 4.69) is 14.9 Å². The first kappa shape index (κ1) is 12.1. The lowest BCUT2D eigenvalue weighted by molar-refractivity contribution is 0.767. The lowest BCUT2D eigenvalue weighted by Crippen LogP contribution is -2.21. The van der Waals surface area contributed by atoms with Gasteiger partial charge in [0, 0.05) is 24.4 Å². The third kappa shape index (κ3) is 2.86. The van der Waals surface area contributed by atoms with Gasteiger partial charge >= 0.3 is 0 Å². The predicted molar refractivity (Wildman–Crippen MR) is 72.7 cm³/mol. The highest BCUT2D eigenvalue weighted by atomic mass is 35.5. The van der Waals surface area contributed by atoms with Crippen LogP contribution in [0.25, 0.3) is 10.9 Å². The van der Waals surface area contributed by atoms with Crippen LogP contribution in [0.4, 0.5) is 5.82 Å². The van der Waals surface area contributed by atoms with Gasteiger partial charge in [-0.05, 0) is 25.5 Å². The van der Waals surface area contributed by atoms with E-state index in [1.807, 2.05) is 38.2 Å². The molecular weight excluding hydrogens is 234 g/mol. The maximum absolute atomic E-state index is 5.97. The summed E-state index contributed by atoms with van der Waals surface area (Å²) in [6.07, 6.45) is 2.55. The van der Waals surface area contributed by atoms with Gasteiger partial charge in [-0.1, -0.05) is 12.1 Å². The summed E-state index contributed by atoms with van der Waals surface area (Å²) in [6, 6.07) is 8.04. The Labute approximate surface area is 106 Å². The largest absolute Gasteiger partial charge is 0.359 e. The second kappa shape index (κ2) is 5.32. The average Bonchev–Trinajstić information content (AvgIpc) is 2.35. The molecule has 1 unspecified atom stereocenters. The normalized spacial score (nSPS) is 12.6. The summed E-state index contributed by atoms with van der Waals surface area (Å²) in [5.41, 5.74) is 0.975. The average molecular weight is 250 g/mol. The number of benzene rings is 1. The number of para-hydroxylation sites is 1. The van der Waals surface area contributed by atoms with Gasteiger partial charge in [-0.2, -0.15) is 0 Å². The molecule has 0 radical (unpaired) electrons. The summed E-state index contributed by atoms with van der Waals surface area (Å²) in [6.45, 7) is 2.90. The molecule has 4 heteroatoms. The van der Waals surface area contributed by atoms with Gasteiger partial charge in [-0.15, -0.1) is 11.6 Å². The highest BCUT2D eigenvalue weighted by Crippen LogP contribution is 2.21. The van der Waals surface area contributed by atoms with E-state index in [-0.39, 0.29) is 5.38 Å². The molecule has 0 aliphatic rings. The second-order valence-electron chi connectivity index (χ2n) is 4.21. The minimum Gasteiger partial charge on any atom is -0.359 e. The molecule has 1 atom stereocenters. The van der Waals surface area contributed by atoms with Crippen LogP contribution < -0.4 is 4.90 Å². The Hall–Kier alpha value is -1.35. The zero-order valence-corrected chi connectivity index (χ0v) is 10.9. The molecule has 1 aromatic carbocycles. The molecule has 1 aromatic heterocycles. The number of hydrogen-bond acceptors (Lipinski definition) is 3. The summed E-state index contributed by atoms with van der Waals surface area (Å²) >= 11 is 5.97.